The maximum absolute atomic E-state index is 12.5. The Hall–Kier alpha value is -3.18. The summed E-state index contributed by atoms with van der Waals surface area (Å²) in [5, 5.41) is 7.86. The van der Waals surface area contributed by atoms with Crippen molar-refractivity contribution in [1.29, 1.82) is 0 Å². The van der Waals surface area contributed by atoms with Crippen LogP contribution in [0.4, 0.5) is 11.4 Å². The number of anilines is 2. The first-order chi connectivity index (χ1) is 13.0. The average Bonchev–Trinajstić information content (AvgIpc) is 2.68. The predicted octanol–water partition coefficient (Wildman–Crippen LogP) is 3.74. The van der Waals surface area contributed by atoms with E-state index in [1.807, 2.05) is 72.8 Å². The number of likely N-dealkylation sites (N-methyl/N-ethyl adjacent to an activating group) is 1. The monoisotopic (exact) mass is 361 g/mol. The molecular formula is C22H23N3O2. The lowest BCUT2D eigenvalue weighted by Crippen LogP contribution is -2.43. The van der Waals surface area contributed by atoms with Crippen molar-refractivity contribution in [2.24, 2.45) is 0 Å². The van der Waals surface area contributed by atoms with Crippen molar-refractivity contribution in [3.05, 3.63) is 72.8 Å². The van der Waals surface area contributed by atoms with Crippen molar-refractivity contribution in [2.75, 3.05) is 24.2 Å². The van der Waals surface area contributed by atoms with Gasteiger partial charge in [0.25, 0.3) is 0 Å². The van der Waals surface area contributed by atoms with Crippen LogP contribution < -0.4 is 10.6 Å². The van der Waals surface area contributed by atoms with Crippen LogP contribution >= 0.6 is 0 Å². The largest absolute Gasteiger partial charge is 0.325 e. The van der Waals surface area contributed by atoms with Crippen LogP contribution in [0.5, 0.6) is 0 Å². The second kappa shape index (κ2) is 8.47. The highest BCUT2D eigenvalue weighted by Crippen LogP contribution is 2.22. The van der Waals surface area contributed by atoms with Crippen LogP contribution in [0.25, 0.3) is 10.8 Å². The molecule has 0 radical (unpaired) electrons. The number of nitrogens with zero attached hydrogens (tertiary/aromatic N) is 1. The van der Waals surface area contributed by atoms with Gasteiger partial charge in [0.2, 0.25) is 11.8 Å². The van der Waals surface area contributed by atoms with E-state index in [1.165, 1.54) is 0 Å². The zero-order valence-corrected chi connectivity index (χ0v) is 15.5. The molecule has 3 aromatic carbocycles. The third kappa shape index (κ3) is 4.71. The fourth-order valence-corrected chi connectivity index (χ4v) is 2.86. The fraction of sp³-hybridized carbons (Fsp3) is 0.182. The van der Waals surface area contributed by atoms with E-state index in [-0.39, 0.29) is 18.4 Å². The lowest BCUT2D eigenvalue weighted by atomic mass is 10.1. The van der Waals surface area contributed by atoms with Crippen LogP contribution in [0, 0.1) is 0 Å². The lowest BCUT2D eigenvalue weighted by molar-refractivity contribution is -0.122. The average molecular weight is 361 g/mol. The molecule has 2 N–H and O–H groups in total. The molecule has 2 amide bonds. The molecule has 0 unspecified atom stereocenters. The van der Waals surface area contributed by atoms with Crippen LogP contribution in [0.3, 0.4) is 0 Å². The van der Waals surface area contributed by atoms with E-state index < -0.39 is 6.04 Å². The molecule has 0 aliphatic heterocycles. The summed E-state index contributed by atoms with van der Waals surface area (Å²) in [5.41, 5.74) is 1.51. The molecule has 138 valence electrons. The van der Waals surface area contributed by atoms with Gasteiger partial charge in [0.15, 0.2) is 0 Å². The first-order valence-electron chi connectivity index (χ1n) is 8.88. The minimum absolute atomic E-state index is 0.118. The molecule has 0 spiro atoms. The minimum atomic E-state index is -0.441. The van der Waals surface area contributed by atoms with E-state index in [0.717, 1.165) is 22.1 Å². The van der Waals surface area contributed by atoms with E-state index in [9.17, 15) is 9.59 Å². The van der Waals surface area contributed by atoms with Gasteiger partial charge in [0, 0.05) is 16.8 Å². The highest BCUT2D eigenvalue weighted by molar-refractivity contribution is 6.03. The molecule has 0 aliphatic rings. The van der Waals surface area contributed by atoms with E-state index in [1.54, 1.807) is 18.9 Å². The Labute approximate surface area is 159 Å². The number of para-hydroxylation sites is 1. The number of carbonyl (C=O) groups is 2. The van der Waals surface area contributed by atoms with Crippen molar-refractivity contribution >= 4 is 34.0 Å². The second-order valence-corrected chi connectivity index (χ2v) is 6.52. The van der Waals surface area contributed by atoms with E-state index in [4.69, 9.17) is 0 Å². The Morgan fingerprint density at radius 3 is 2.33 bits per heavy atom. The van der Waals surface area contributed by atoms with Crippen LogP contribution in [-0.2, 0) is 9.59 Å². The molecule has 0 saturated carbocycles. The third-order valence-electron chi connectivity index (χ3n) is 4.54. The predicted molar refractivity (Wildman–Crippen MR) is 110 cm³/mol. The molecular weight excluding hydrogens is 338 g/mol. The Kier molecular flexibility index (Phi) is 5.84. The molecule has 0 saturated heterocycles. The van der Waals surface area contributed by atoms with Gasteiger partial charge in [0.05, 0.1) is 12.6 Å². The highest BCUT2D eigenvalue weighted by Gasteiger charge is 2.20. The van der Waals surface area contributed by atoms with Crippen LogP contribution in [0.15, 0.2) is 72.8 Å². The summed E-state index contributed by atoms with van der Waals surface area (Å²) in [7, 11) is 1.76. The van der Waals surface area contributed by atoms with Gasteiger partial charge in [0.1, 0.15) is 0 Å². The van der Waals surface area contributed by atoms with Gasteiger partial charge in [-0.2, -0.15) is 0 Å². The summed E-state index contributed by atoms with van der Waals surface area (Å²) in [6.45, 7) is 1.90. The van der Waals surface area contributed by atoms with Gasteiger partial charge < -0.3 is 10.6 Å². The van der Waals surface area contributed by atoms with Crippen LogP contribution in [0.1, 0.15) is 6.92 Å². The molecule has 0 heterocycles. The maximum atomic E-state index is 12.5. The van der Waals surface area contributed by atoms with E-state index >= 15 is 0 Å². The molecule has 5 heteroatoms. The smallest absolute Gasteiger partial charge is 0.241 e. The number of benzene rings is 3. The van der Waals surface area contributed by atoms with Crippen molar-refractivity contribution in [1.82, 2.24) is 4.90 Å². The molecule has 0 fully saturated rings. The van der Waals surface area contributed by atoms with Gasteiger partial charge in [-0.15, -0.1) is 0 Å². The number of hydrogen-bond acceptors (Lipinski definition) is 3. The molecule has 1 atom stereocenters. The summed E-state index contributed by atoms with van der Waals surface area (Å²) in [5.74, 6) is -0.310. The van der Waals surface area contributed by atoms with Crippen molar-refractivity contribution in [3.63, 3.8) is 0 Å². The summed E-state index contributed by atoms with van der Waals surface area (Å²) < 4.78 is 0. The summed E-state index contributed by atoms with van der Waals surface area (Å²) in [6, 6.07) is 22.5. The number of nitrogens with one attached hydrogen (secondary N) is 2. The molecule has 5 nitrogen and oxygen atoms in total. The third-order valence-corrected chi connectivity index (χ3v) is 4.54. The SMILES string of the molecule is C[C@H](C(=O)Nc1ccccc1)N(C)CC(=O)Nc1cccc2ccccc12. The fourth-order valence-electron chi connectivity index (χ4n) is 2.86. The van der Waals surface area contributed by atoms with Gasteiger partial charge in [-0.1, -0.05) is 54.6 Å². The molecule has 3 aromatic rings. The number of rotatable bonds is 6. The molecule has 0 aromatic heterocycles. The van der Waals surface area contributed by atoms with E-state index in [2.05, 4.69) is 10.6 Å². The second-order valence-electron chi connectivity index (χ2n) is 6.52. The maximum Gasteiger partial charge on any atom is 0.241 e. The molecule has 3 rings (SSSR count). The van der Waals surface area contributed by atoms with Gasteiger partial charge in [-0.25, -0.2) is 0 Å². The lowest BCUT2D eigenvalue weighted by Gasteiger charge is -2.23. The minimum Gasteiger partial charge on any atom is -0.325 e. The first-order valence-corrected chi connectivity index (χ1v) is 8.88. The van der Waals surface area contributed by atoms with E-state index in [0.29, 0.717) is 0 Å². The topological polar surface area (TPSA) is 61.4 Å². The van der Waals surface area contributed by atoms with Crippen molar-refractivity contribution in [2.45, 2.75) is 13.0 Å². The zero-order valence-electron chi connectivity index (χ0n) is 15.5. The normalized spacial score (nSPS) is 12.0. The van der Waals surface area contributed by atoms with Crippen molar-refractivity contribution in [3.8, 4) is 0 Å². The number of fused-ring (bicyclic) bond motifs is 1. The number of amides is 2. The van der Waals surface area contributed by atoms with Gasteiger partial charge >= 0.3 is 0 Å². The van der Waals surface area contributed by atoms with Crippen LogP contribution in [0.2, 0.25) is 0 Å². The Balaban J connectivity index is 1.60. The van der Waals surface area contributed by atoms with Crippen molar-refractivity contribution < 1.29 is 9.59 Å². The number of carbonyl (C=O) groups excluding carboxylic acids is 2. The first kappa shape index (κ1) is 18.6. The van der Waals surface area contributed by atoms with Crippen LogP contribution in [-0.4, -0.2) is 36.3 Å². The Morgan fingerprint density at radius 2 is 1.56 bits per heavy atom. The summed E-state index contributed by atoms with van der Waals surface area (Å²) in [4.78, 5) is 26.6. The zero-order chi connectivity index (χ0) is 19.2. The quantitative estimate of drug-likeness (QED) is 0.703. The standard InChI is InChI=1S/C22H23N3O2/c1-16(22(27)23-18-11-4-3-5-12-18)25(2)15-21(26)24-20-14-8-10-17-9-6-7-13-19(17)20/h3-14,16H,15H2,1-2H3,(H,23,27)(H,24,26)/t16-/m1/s1. The molecule has 0 aliphatic carbocycles. The van der Waals surface area contributed by atoms with Gasteiger partial charge in [-0.3, -0.25) is 14.5 Å². The summed E-state index contributed by atoms with van der Waals surface area (Å²) >= 11 is 0. The Morgan fingerprint density at radius 1 is 0.889 bits per heavy atom. The molecule has 27 heavy (non-hydrogen) atoms. The van der Waals surface area contributed by atoms with Gasteiger partial charge in [-0.05, 0) is 37.6 Å². The number of hydrogen-bond donors (Lipinski definition) is 2. The highest BCUT2D eigenvalue weighted by atomic mass is 16.2. The summed E-state index contributed by atoms with van der Waals surface area (Å²) in [6.07, 6.45) is 0. The Bertz CT molecular complexity index is 935. The molecule has 0 bridgehead atoms.